The van der Waals surface area contributed by atoms with E-state index in [9.17, 15) is 4.79 Å². The first-order chi connectivity index (χ1) is 8.13. The lowest BCUT2D eigenvalue weighted by Gasteiger charge is -2.31. The van der Waals surface area contributed by atoms with E-state index in [1.54, 1.807) is 4.90 Å². The van der Waals surface area contributed by atoms with Gasteiger partial charge in [0.1, 0.15) is 0 Å². The van der Waals surface area contributed by atoms with E-state index in [0.717, 1.165) is 12.8 Å². The Morgan fingerprint density at radius 3 is 2.59 bits per heavy atom. The molecule has 1 aliphatic heterocycles. The zero-order valence-corrected chi connectivity index (χ0v) is 10.7. The van der Waals surface area contributed by atoms with Gasteiger partial charge in [0.25, 0.3) is 0 Å². The van der Waals surface area contributed by atoms with Gasteiger partial charge in [-0.15, -0.1) is 0 Å². The van der Waals surface area contributed by atoms with Crippen LogP contribution >= 0.6 is 0 Å². The zero-order chi connectivity index (χ0) is 12.7. The standard InChI is InChI=1S/C12H23NO4/c1-10(2)9-17-12(15)13-5-3-11(4-6-13)16-8-7-14/h10-11,14H,3-9H2,1-2H3. The Balaban J connectivity index is 2.19. The van der Waals surface area contributed by atoms with Crippen LogP contribution in [0.15, 0.2) is 0 Å². The van der Waals surface area contributed by atoms with Crippen LogP contribution in [0.3, 0.4) is 0 Å². The second kappa shape index (κ2) is 7.50. The van der Waals surface area contributed by atoms with Crippen LogP contribution in [0, 0.1) is 5.92 Å². The molecular formula is C12H23NO4. The lowest BCUT2D eigenvalue weighted by atomic mass is 10.1. The lowest BCUT2D eigenvalue weighted by molar-refractivity contribution is -0.00883. The molecule has 0 unspecified atom stereocenters. The van der Waals surface area contributed by atoms with Gasteiger partial charge in [0.05, 0.1) is 25.9 Å². The topological polar surface area (TPSA) is 59.0 Å². The predicted octanol–water partition coefficient (Wildman–Crippen LogP) is 1.25. The third-order valence-electron chi connectivity index (χ3n) is 2.69. The van der Waals surface area contributed by atoms with Crippen LogP contribution in [-0.4, -0.2) is 55.1 Å². The Hall–Kier alpha value is -0.810. The average Bonchev–Trinajstić information content (AvgIpc) is 2.34. The molecule has 0 saturated carbocycles. The molecule has 0 spiro atoms. The first-order valence-electron chi connectivity index (χ1n) is 6.27. The summed E-state index contributed by atoms with van der Waals surface area (Å²) in [6.45, 7) is 6.28. The van der Waals surface area contributed by atoms with Gasteiger partial charge < -0.3 is 19.5 Å². The maximum atomic E-state index is 11.6. The highest BCUT2D eigenvalue weighted by Gasteiger charge is 2.24. The molecule has 100 valence electrons. The summed E-state index contributed by atoms with van der Waals surface area (Å²) in [6.07, 6.45) is 1.57. The van der Waals surface area contributed by atoms with Crippen LogP contribution < -0.4 is 0 Å². The Labute approximate surface area is 103 Å². The quantitative estimate of drug-likeness (QED) is 0.792. The highest BCUT2D eigenvalue weighted by atomic mass is 16.6. The van der Waals surface area contributed by atoms with Gasteiger partial charge in [-0.25, -0.2) is 4.79 Å². The van der Waals surface area contributed by atoms with E-state index in [1.807, 2.05) is 13.8 Å². The molecule has 1 N–H and O–H groups in total. The van der Waals surface area contributed by atoms with Crippen molar-refractivity contribution in [1.29, 1.82) is 0 Å². The summed E-state index contributed by atoms with van der Waals surface area (Å²) >= 11 is 0. The second-order valence-electron chi connectivity index (χ2n) is 4.75. The van der Waals surface area contributed by atoms with Crippen molar-refractivity contribution >= 4 is 6.09 Å². The molecule has 1 fully saturated rings. The molecule has 0 aromatic rings. The number of piperidine rings is 1. The second-order valence-corrected chi connectivity index (χ2v) is 4.75. The van der Waals surface area contributed by atoms with Gasteiger partial charge in [-0.2, -0.15) is 0 Å². The molecule has 1 aliphatic rings. The van der Waals surface area contributed by atoms with Gasteiger partial charge in [0.15, 0.2) is 0 Å². The molecule has 17 heavy (non-hydrogen) atoms. The molecule has 5 nitrogen and oxygen atoms in total. The number of nitrogens with zero attached hydrogens (tertiary/aromatic N) is 1. The monoisotopic (exact) mass is 245 g/mol. The van der Waals surface area contributed by atoms with Crippen molar-refractivity contribution < 1.29 is 19.4 Å². The molecule has 1 heterocycles. The number of carbonyl (C=O) groups excluding carboxylic acids is 1. The van der Waals surface area contributed by atoms with Crippen molar-refractivity contribution in [2.24, 2.45) is 5.92 Å². The summed E-state index contributed by atoms with van der Waals surface area (Å²) in [7, 11) is 0. The van der Waals surface area contributed by atoms with Crippen LogP contribution in [0.4, 0.5) is 4.79 Å². The molecule has 1 rings (SSSR count). The molecule has 0 aliphatic carbocycles. The number of likely N-dealkylation sites (tertiary alicyclic amines) is 1. The van der Waals surface area contributed by atoms with Gasteiger partial charge in [0, 0.05) is 13.1 Å². The van der Waals surface area contributed by atoms with E-state index in [0.29, 0.717) is 32.2 Å². The minimum atomic E-state index is -0.223. The molecule has 1 amide bonds. The summed E-state index contributed by atoms with van der Waals surface area (Å²) in [5, 5.41) is 8.65. The minimum Gasteiger partial charge on any atom is -0.449 e. The lowest BCUT2D eigenvalue weighted by Crippen LogP contribution is -2.41. The van der Waals surface area contributed by atoms with E-state index in [1.165, 1.54) is 0 Å². The summed E-state index contributed by atoms with van der Waals surface area (Å²) in [6, 6.07) is 0. The van der Waals surface area contributed by atoms with Gasteiger partial charge in [-0.1, -0.05) is 13.8 Å². The smallest absolute Gasteiger partial charge is 0.409 e. The fourth-order valence-corrected chi connectivity index (χ4v) is 1.75. The number of amides is 1. The molecule has 0 radical (unpaired) electrons. The van der Waals surface area contributed by atoms with Gasteiger partial charge in [-0.05, 0) is 18.8 Å². The van der Waals surface area contributed by atoms with E-state index < -0.39 is 0 Å². The number of hydrogen-bond acceptors (Lipinski definition) is 4. The predicted molar refractivity (Wildman–Crippen MR) is 63.8 cm³/mol. The van der Waals surface area contributed by atoms with E-state index in [4.69, 9.17) is 14.6 Å². The van der Waals surface area contributed by atoms with Crippen molar-refractivity contribution in [3.8, 4) is 0 Å². The third-order valence-corrected chi connectivity index (χ3v) is 2.69. The number of ether oxygens (including phenoxy) is 2. The van der Waals surface area contributed by atoms with Crippen LogP contribution in [0.1, 0.15) is 26.7 Å². The van der Waals surface area contributed by atoms with Crippen LogP contribution in [0.25, 0.3) is 0 Å². The number of carbonyl (C=O) groups is 1. The fraction of sp³-hybridized carbons (Fsp3) is 0.917. The normalized spacial score (nSPS) is 17.5. The maximum absolute atomic E-state index is 11.6. The van der Waals surface area contributed by atoms with Crippen molar-refractivity contribution in [3.05, 3.63) is 0 Å². The number of rotatable bonds is 5. The molecule has 0 bridgehead atoms. The van der Waals surface area contributed by atoms with Gasteiger partial charge in [-0.3, -0.25) is 0 Å². The van der Waals surface area contributed by atoms with Crippen LogP contribution in [-0.2, 0) is 9.47 Å². The molecule has 0 aromatic heterocycles. The Bertz CT molecular complexity index is 225. The van der Waals surface area contributed by atoms with Crippen molar-refractivity contribution in [2.75, 3.05) is 32.9 Å². The van der Waals surface area contributed by atoms with E-state index >= 15 is 0 Å². The van der Waals surface area contributed by atoms with Crippen molar-refractivity contribution in [1.82, 2.24) is 4.90 Å². The highest BCUT2D eigenvalue weighted by Crippen LogP contribution is 2.14. The van der Waals surface area contributed by atoms with E-state index in [-0.39, 0.29) is 18.8 Å². The Morgan fingerprint density at radius 2 is 2.06 bits per heavy atom. The zero-order valence-electron chi connectivity index (χ0n) is 10.7. The molecule has 0 atom stereocenters. The number of hydrogen-bond donors (Lipinski definition) is 1. The summed E-state index contributed by atoms with van der Waals surface area (Å²) in [5.41, 5.74) is 0. The summed E-state index contributed by atoms with van der Waals surface area (Å²) in [5.74, 6) is 0.365. The number of aliphatic hydroxyl groups is 1. The molecule has 1 saturated heterocycles. The minimum absolute atomic E-state index is 0.0522. The summed E-state index contributed by atoms with van der Waals surface area (Å²) in [4.78, 5) is 13.4. The summed E-state index contributed by atoms with van der Waals surface area (Å²) < 4.78 is 10.6. The molecule has 0 aromatic carbocycles. The first-order valence-corrected chi connectivity index (χ1v) is 6.27. The van der Waals surface area contributed by atoms with E-state index in [2.05, 4.69) is 0 Å². The SMILES string of the molecule is CC(C)COC(=O)N1CCC(OCCO)CC1. The van der Waals surface area contributed by atoms with Gasteiger partial charge in [0.2, 0.25) is 0 Å². The van der Waals surface area contributed by atoms with Crippen LogP contribution in [0.2, 0.25) is 0 Å². The van der Waals surface area contributed by atoms with Crippen molar-refractivity contribution in [3.63, 3.8) is 0 Å². The number of aliphatic hydroxyl groups excluding tert-OH is 1. The third kappa shape index (κ3) is 5.37. The van der Waals surface area contributed by atoms with Crippen LogP contribution in [0.5, 0.6) is 0 Å². The molecular weight excluding hydrogens is 222 g/mol. The largest absolute Gasteiger partial charge is 0.449 e. The molecule has 5 heteroatoms. The first kappa shape index (κ1) is 14.3. The Kier molecular flexibility index (Phi) is 6.29. The Morgan fingerprint density at radius 1 is 1.41 bits per heavy atom. The fourth-order valence-electron chi connectivity index (χ4n) is 1.75. The van der Waals surface area contributed by atoms with Gasteiger partial charge >= 0.3 is 6.09 Å². The maximum Gasteiger partial charge on any atom is 0.409 e. The van der Waals surface area contributed by atoms with Crippen molar-refractivity contribution in [2.45, 2.75) is 32.8 Å². The highest BCUT2D eigenvalue weighted by molar-refractivity contribution is 5.67. The average molecular weight is 245 g/mol.